The van der Waals surface area contributed by atoms with E-state index in [9.17, 15) is 8.78 Å². The van der Waals surface area contributed by atoms with Crippen LogP contribution in [0.1, 0.15) is 0 Å². The van der Waals surface area contributed by atoms with Crippen LogP contribution in [-0.4, -0.2) is 10.1 Å². The number of nitrogens with two attached hydrogens (primary N) is 1. The predicted octanol–water partition coefficient (Wildman–Crippen LogP) is 2.75. The Labute approximate surface area is 100 Å². The van der Waals surface area contributed by atoms with E-state index in [2.05, 4.69) is 10.1 Å². The second-order valence-electron chi connectivity index (χ2n) is 3.74. The Bertz CT molecular complexity index is 739. The molecule has 0 saturated carbocycles. The van der Waals surface area contributed by atoms with Crippen molar-refractivity contribution in [1.82, 2.24) is 10.1 Å². The standard InChI is InChI=1S/C12H7F2N3O/c13-6-1-2-7(9(14)5-6)10-4-3-8-11(15)17-18-12(8)16-10/h1-5H,(H2,15,17). The fraction of sp³-hybridized carbons (Fsp3) is 0. The molecule has 0 aliphatic heterocycles. The van der Waals surface area contributed by atoms with Gasteiger partial charge in [-0.05, 0) is 24.3 Å². The number of anilines is 1. The van der Waals surface area contributed by atoms with Crippen molar-refractivity contribution in [2.24, 2.45) is 0 Å². The summed E-state index contributed by atoms with van der Waals surface area (Å²) in [4.78, 5) is 4.09. The van der Waals surface area contributed by atoms with Gasteiger partial charge < -0.3 is 10.3 Å². The predicted molar refractivity (Wildman–Crippen MR) is 61.6 cm³/mol. The Balaban J connectivity index is 2.19. The van der Waals surface area contributed by atoms with Gasteiger partial charge in [-0.2, -0.15) is 0 Å². The zero-order valence-corrected chi connectivity index (χ0v) is 9.02. The maximum Gasteiger partial charge on any atom is 0.260 e. The van der Waals surface area contributed by atoms with Gasteiger partial charge in [0.15, 0.2) is 5.82 Å². The number of nitrogen functional groups attached to an aromatic ring is 1. The molecule has 2 aromatic heterocycles. The number of hydrogen-bond acceptors (Lipinski definition) is 4. The molecule has 0 aliphatic carbocycles. The van der Waals surface area contributed by atoms with E-state index in [1.807, 2.05) is 0 Å². The first-order valence-corrected chi connectivity index (χ1v) is 5.12. The molecule has 3 aromatic rings. The summed E-state index contributed by atoms with van der Waals surface area (Å²) >= 11 is 0. The average Bonchev–Trinajstić information content (AvgIpc) is 2.71. The summed E-state index contributed by atoms with van der Waals surface area (Å²) in [5.41, 5.74) is 6.28. The van der Waals surface area contributed by atoms with E-state index in [0.29, 0.717) is 11.1 Å². The third kappa shape index (κ3) is 1.58. The molecule has 0 fully saturated rings. The molecule has 0 saturated heterocycles. The number of aromatic nitrogens is 2. The molecule has 0 aliphatic rings. The number of nitrogens with zero attached hydrogens (tertiary/aromatic N) is 2. The van der Waals surface area contributed by atoms with E-state index in [1.165, 1.54) is 12.1 Å². The lowest BCUT2D eigenvalue weighted by molar-refractivity contribution is 0.453. The molecule has 90 valence electrons. The molecule has 0 spiro atoms. The maximum atomic E-state index is 13.6. The summed E-state index contributed by atoms with van der Waals surface area (Å²) in [5.74, 6) is -1.10. The molecule has 0 bridgehead atoms. The van der Waals surface area contributed by atoms with Gasteiger partial charge in [0.2, 0.25) is 0 Å². The first kappa shape index (κ1) is 10.6. The minimum absolute atomic E-state index is 0.188. The molecule has 2 heterocycles. The van der Waals surface area contributed by atoms with E-state index in [1.54, 1.807) is 12.1 Å². The number of halogens is 2. The molecule has 4 nitrogen and oxygen atoms in total. The van der Waals surface area contributed by atoms with Crippen molar-refractivity contribution in [1.29, 1.82) is 0 Å². The Morgan fingerprint density at radius 2 is 1.94 bits per heavy atom. The van der Waals surface area contributed by atoms with Crippen LogP contribution >= 0.6 is 0 Å². The van der Waals surface area contributed by atoms with Crippen molar-refractivity contribution in [2.45, 2.75) is 0 Å². The molecular formula is C12H7F2N3O. The Kier molecular flexibility index (Phi) is 2.22. The fourth-order valence-electron chi connectivity index (χ4n) is 1.69. The molecule has 0 radical (unpaired) electrons. The highest BCUT2D eigenvalue weighted by molar-refractivity contribution is 5.85. The summed E-state index contributed by atoms with van der Waals surface area (Å²) in [6, 6.07) is 6.49. The Morgan fingerprint density at radius 3 is 2.72 bits per heavy atom. The van der Waals surface area contributed by atoms with E-state index < -0.39 is 11.6 Å². The number of benzene rings is 1. The molecule has 6 heteroatoms. The number of rotatable bonds is 1. The van der Waals surface area contributed by atoms with Crippen LogP contribution < -0.4 is 5.73 Å². The zero-order chi connectivity index (χ0) is 12.7. The maximum absolute atomic E-state index is 13.6. The smallest absolute Gasteiger partial charge is 0.260 e. The zero-order valence-electron chi connectivity index (χ0n) is 9.02. The van der Waals surface area contributed by atoms with Crippen LogP contribution in [0.5, 0.6) is 0 Å². The van der Waals surface area contributed by atoms with Gasteiger partial charge in [-0.3, -0.25) is 0 Å². The van der Waals surface area contributed by atoms with E-state index in [-0.39, 0.29) is 17.1 Å². The summed E-state index contributed by atoms with van der Waals surface area (Å²) in [5, 5.41) is 4.11. The van der Waals surface area contributed by atoms with Gasteiger partial charge >= 0.3 is 0 Å². The third-order valence-electron chi connectivity index (χ3n) is 2.57. The molecule has 1 aromatic carbocycles. The van der Waals surface area contributed by atoms with Crippen molar-refractivity contribution < 1.29 is 13.3 Å². The SMILES string of the molecule is Nc1noc2nc(-c3ccc(F)cc3F)ccc12. The highest BCUT2D eigenvalue weighted by Crippen LogP contribution is 2.26. The normalized spacial score (nSPS) is 11.0. The van der Waals surface area contributed by atoms with Crippen molar-refractivity contribution >= 4 is 16.9 Å². The minimum Gasteiger partial charge on any atom is -0.380 e. The van der Waals surface area contributed by atoms with Gasteiger partial charge in [0, 0.05) is 11.6 Å². The largest absolute Gasteiger partial charge is 0.380 e. The van der Waals surface area contributed by atoms with Crippen LogP contribution in [-0.2, 0) is 0 Å². The van der Waals surface area contributed by atoms with Crippen molar-refractivity contribution in [3.8, 4) is 11.3 Å². The van der Waals surface area contributed by atoms with E-state index >= 15 is 0 Å². The second kappa shape index (κ2) is 3.76. The van der Waals surface area contributed by atoms with E-state index in [4.69, 9.17) is 10.3 Å². The van der Waals surface area contributed by atoms with Crippen molar-refractivity contribution in [3.63, 3.8) is 0 Å². The van der Waals surface area contributed by atoms with Crippen molar-refractivity contribution in [2.75, 3.05) is 5.73 Å². The van der Waals surface area contributed by atoms with Gasteiger partial charge in [-0.15, -0.1) is 0 Å². The average molecular weight is 247 g/mol. The number of hydrogen-bond donors (Lipinski definition) is 1. The van der Waals surface area contributed by atoms with Crippen LogP contribution in [0, 0.1) is 11.6 Å². The minimum atomic E-state index is -0.686. The van der Waals surface area contributed by atoms with Gasteiger partial charge in [-0.1, -0.05) is 5.16 Å². The highest BCUT2D eigenvalue weighted by atomic mass is 19.1. The van der Waals surface area contributed by atoms with Crippen LogP contribution in [0.25, 0.3) is 22.4 Å². The summed E-state index contributed by atoms with van der Waals surface area (Å²) in [6.07, 6.45) is 0. The Hall–Kier alpha value is -2.50. The topological polar surface area (TPSA) is 64.9 Å². The molecule has 0 unspecified atom stereocenters. The first-order chi connectivity index (χ1) is 8.65. The van der Waals surface area contributed by atoms with Gasteiger partial charge in [0.1, 0.15) is 11.6 Å². The van der Waals surface area contributed by atoms with Gasteiger partial charge in [-0.25, -0.2) is 13.8 Å². The molecule has 2 N–H and O–H groups in total. The number of pyridine rings is 1. The molecule has 0 atom stereocenters. The van der Waals surface area contributed by atoms with Gasteiger partial charge in [0.25, 0.3) is 5.71 Å². The highest BCUT2D eigenvalue weighted by Gasteiger charge is 2.11. The van der Waals surface area contributed by atoms with E-state index in [0.717, 1.165) is 6.07 Å². The van der Waals surface area contributed by atoms with Crippen molar-refractivity contribution in [3.05, 3.63) is 42.0 Å². The lowest BCUT2D eigenvalue weighted by Gasteiger charge is -2.02. The van der Waals surface area contributed by atoms with Crippen LogP contribution in [0.15, 0.2) is 34.9 Å². The van der Waals surface area contributed by atoms with Gasteiger partial charge in [0.05, 0.1) is 11.1 Å². The first-order valence-electron chi connectivity index (χ1n) is 5.12. The fourth-order valence-corrected chi connectivity index (χ4v) is 1.69. The third-order valence-corrected chi connectivity index (χ3v) is 2.57. The summed E-state index contributed by atoms with van der Waals surface area (Å²) in [7, 11) is 0. The van der Waals surface area contributed by atoms with Crippen LogP contribution in [0.3, 0.4) is 0 Å². The summed E-state index contributed by atoms with van der Waals surface area (Å²) < 4.78 is 31.3. The Morgan fingerprint density at radius 1 is 1.11 bits per heavy atom. The quantitative estimate of drug-likeness (QED) is 0.718. The molecule has 3 rings (SSSR count). The molecule has 0 amide bonds. The monoisotopic (exact) mass is 247 g/mol. The lowest BCUT2D eigenvalue weighted by Crippen LogP contribution is -1.90. The second-order valence-corrected chi connectivity index (χ2v) is 3.74. The molecule has 18 heavy (non-hydrogen) atoms. The molecular weight excluding hydrogens is 240 g/mol. The van der Waals surface area contributed by atoms with Crippen LogP contribution in [0.2, 0.25) is 0 Å². The lowest BCUT2D eigenvalue weighted by atomic mass is 10.1. The summed E-state index contributed by atoms with van der Waals surface area (Å²) in [6.45, 7) is 0. The number of fused-ring (bicyclic) bond motifs is 1. The van der Waals surface area contributed by atoms with Crippen LogP contribution in [0.4, 0.5) is 14.6 Å².